The Kier molecular flexibility index (Phi) is 8.16. The van der Waals surface area contributed by atoms with Crippen molar-refractivity contribution < 1.29 is 4.74 Å². The van der Waals surface area contributed by atoms with Crippen LogP contribution < -0.4 is 10.6 Å². The Hall–Kier alpha value is -0.820. The highest BCUT2D eigenvalue weighted by molar-refractivity contribution is 9.10. The van der Waals surface area contributed by atoms with Gasteiger partial charge in [-0.2, -0.15) is 0 Å². The monoisotopic (exact) mass is 402 g/mol. The van der Waals surface area contributed by atoms with E-state index in [2.05, 4.69) is 43.4 Å². The van der Waals surface area contributed by atoms with E-state index in [1.54, 1.807) is 0 Å². The van der Waals surface area contributed by atoms with Crippen molar-refractivity contribution in [2.75, 3.05) is 45.9 Å². The molecule has 0 amide bonds. The molecule has 0 aliphatic carbocycles. The lowest BCUT2D eigenvalue weighted by Crippen LogP contribution is -2.44. The molecule has 128 valence electrons. The van der Waals surface area contributed by atoms with E-state index in [0.29, 0.717) is 6.54 Å². The first-order valence-electron chi connectivity index (χ1n) is 7.95. The molecule has 2 N–H and O–H groups in total. The van der Waals surface area contributed by atoms with Gasteiger partial charge in [0, 0.05) is 42.2 Å². The van der Waals surface area contributed by atoms with Gasteiger partial charge in [-0.05, 0) is 24.6 Å². The van der Waals surface area contributed by atoms with Gasteiger partial charge in [0.1, 0.15) is 0 Å². The number of hydrogen-bond acceptors (Lipinski definition) is 3. The van der Waals surface area contributed by atoms with Gasteiger partial charge in [-0.1, -0.05) is 33.6 Å². The summed E-state index contributed by atoms with van der Waals surface area (Å²) in [4.78, 5) is 7.00. The lowest BCUT2D eigenvalue weighted by atomic mass is 10.2. The van der Waals surface area contributed by atoms with Crippen molar-refractivity contribution in [1.29, 1.82) is 0 Å². The fraction of sp³-hybridized carbons (Fsp3) is 0.562. The minimum atomic E-state index is 0.555. The number of guanidine groups is 1. The molecule has 1 aromatic carbocycles. The van der Waals surface area contributed by atoms with Crippen LogP contribution in [-0.2, 0) is 11.3 Å². The Morgan fingerprint density at radius 2 is 2.13 bits per heavy atom. The number of rotatable bonds is 6. The third-order valence-electron chi connectivity index (χ3n) is 3.59. The molecule has 1 aromatic rings. The van der Waals surface area contributed by atoms with Crippen LogP contribution in [0, 0.1) is 0 Å². The molecule has 23 heavy (non-hydrogen) atoms. The molecule has 1 aliphatic heterocycles. The minimum absolute atomic E-state index is 0.555. The SMILES string of the molecule is CCNC(=NCc1ccc(Br)cc1Cl)NCCN1CCOCC1. The molecule has 0 unspecified atom stereocenters. The van der Waals surface area contributed by atoms with Gasteiger partial charge < -0.3 is 15.4 Å². The van der Waals surface area contributed by atoms with Crippen molar-refractivity contribution in [2.45, 2.75) is 13.5 Å². The molecule has 0 bridgehead atoms. The number of nitrogens with zero attached hydrogens (tertiary/aromatic N) is 2. The third kappa shape index (κ3) is 6.67. The van der Waals surface area contributed by atoms with Crippen molar-refractivity contribution >= 4 is 33.5 Å². The second-order valence-electron chi connectivity index (χ2n) is 5.31. The largest absolute Gasteiger partial charge is 0.379 e. The summed E-state index contributed by atoms with van der Waals surface area (Å²) in [6.07, 6.45) is 0. The van der Waals surface area contributed by atoms with Crippen LogP contribution in [0.5, 0.6) is 0 Å². The van der Waals surface area contributed by atoms with Crippen LogP contribution in [0.2, 0.25) is 5.02 Å². The Morgan fingerprint density at radius 3 is 2.83 bits per heavy atom. The first-order valence-corrected chi connectivity index (χ1v) is 9.12. The van der Waals surface area contributed by atoms with E-state index in [0.717, 1.165) is 67.0 Å². The molecule has 0 radical (unpaired) electrons. The van der Waals surface area contributed by atoms with Crippen LogP contribution in [0.1, 0.15) is 12.5 Å². The minimum Gasteiger partial charge on any atom is -0.379 e. The lowest BCUT2D eigenvalue weighted by molar-refractivity contribution is 0.0389. The van der Waals surface area contributed by atoms with Crippen molar-refractivity contribution in [3.63, 3.8) is 0 Å². The van der Waals surface area contributed by atoms with Gasteiger partial charge in [-0.15, -0.1) is 0 Å². The standard InChI is InChI=1S/C16H24BrClN4O/c1-2-19-16(20-5-6-22-7-9-23-10-8-22)21-12-13-3-4-14(17)11-15(13)18/h3-4,11H,2,5-10,12H2,1H3,(H2,19,20,21). The average Bonchev–Trinajstić information content (AvgIpc) is 2.55. The maximum absolute atomic E-state index is 6.24. The van der Waals surface area contributed by atoms with E-state index >= 15 is 0 Å². The first-order chi connectivity index (χ1) is 11.2. The molecule has 0 spiro atoms. The summed E-state index contributed by atoms with van der Waals surface area (Å²) >= 11 is 9.65. The van der Waals surface area contributed by atoms with Gasteiger partial charge in [0.25, 0.3) is 0 Å². The van der Waals surface area contributed by atoms with Gasteiger partial charge in [0.2, 0.25) is 0 Å². The predicted molar refractivity (Wildman–Crippen MR) is 99.2 cm³/mol. The molecule has 0 saturated carbocycles. The zero-order valence-electron chi connectivity index (χ0n) is 13.4. The highest BCUT2D eigenvalue weighted by atomic mass is 79.9. The molecular weight excluding hydrogens is 380 g/mol. The van der Waals surface area contributed by atoms with E-state index in [1.807, 2.05) is 18.2 Å². The Balaban J connectivity index is 1.83. The van der Waals surface area contributed by atoms with Crippen LogP contribution in [0.15, 0.2) is 27.7 Å². The van der Waals surface area contributed by atoms with E-state index in [1.165, 1.54) is 0 Å². The van der Waals surface area contributed by atoms with E-state index in [-0.39, 0.29) is 0 Å². The van der Waals surface area contributed by atoms with E-state index in [4.69, 9.17) is 16.3 Å². The maximum atomic E-state index is 6.24. The number of halogens is 2. The number of nitrogens with one attached hydrogen (secondary N) is 2. The normalized spacial score (nSPS) is 16.4. The number of morpholine rings is 1. The Labute approximate surface area is 151 Å². The molecule has 1 aliphatic rings. The summed E-state index contributed by atoms with van der Waals surface area (Å²) in [5.74, 6) is 0.819. The summed E-state index contributed by atoms with van der Waals surface area (Å²) in [7, 11) is 0. The molecule has 2 rings (SSSR count). The first kappa shape index (κ1) is 18.5. The Morgan fingerprint density at radius 1 is 1.35 bits per heavy atom. The highest BCUT2D eigenvalue weighted by Gasteiger charge is 2.09. The van der Waals surface area contributed by atoms with Gasteiger partial charge in [0.05, 0.1) is 19.8 Å². The summed E-state index contributed by atoms with van der Waals surface area (Å²) < 4.78 is 6.34. The zero-order chi connectivity index (χ0) is 16.5. The topological polar surface area (TPSA) is 48.9 Å². The molecule has 5 nitrogen and oxygen atoms in total. The predicted octanol–water partition coefficient (Wildman–Crippen LogP) is 2.49. The number of hydrogen-bond donors (Lipinski definition) is 2. The molecule has 7 heteroatoms. The third-order valence-corrected chi connectivity index (χ3v) is 4.44. The molecule has 0 aromatic heterocycles. The summed E-state index contributed by atoms with van der Waals surface area (Å²) in [5.41, 5.74) is 1.01. The maximum Gasteiger partial charge on any atom is 0.191 e. The van der Waals surface area contributed by atoms with Gasteiger partial charge in [-0.3, -0.25) is 4.90 Å². The van der Waals surface area contributed by atoms with E-state index in [9.17, 15) is 0 Å². The van der Waals surface area contributed by atoms with Crippen LogP contribution in [0.4, 0.5) is 0 Å². The Bertz CT molecular complexity index is 521. The summed E-state index contributed by atoms with van der Waals surface area (Å²) in [5, 5.41) is 7.37. The quantitative estimate of drug-likeness (QED) is 0.566. The second-order valence-corrected chi connectivity index (χ2v) is 6.63. The van der Waals surface area contributed by atoms with Crippen molar-refractivity contribution in [2.24, 2.45) is 4.99 Å². The fourth-order valence-corrected chi connectivity index (χ4v) is 3.05. The van der Waals surface area contributed by atoms with Crippen LogP contribution in [0.3, 0.4) is 0 Å². The van der Waals surface area contributed by atoms with Gasteiger partial charge in [-0.25, -0.2) is 4.99 Å². The lowest BCUT2D eigenvalue weighted by Gasteiger charge is -2.26. The van der Waals surface area contributed by atoms with E-state index < -0.39 is 0 Å². The van der Waals surface area contributed by atoms with Crippen molar-refractivity contribution in [3.8, 4) is 0 Å². The molecule has 1 fully saturated rings. The smallest absolute Gasteiger partial charge is 0.191 e. The highest BCUT2D eigenvalue weighted by Crippen LogP contribution is 2.21. The average molecular weight is 404 g/mol. The van der Waals surface area contributed by atoms with Crippen LogP contribution in [-0.4, -0.2) is 56.8 Å². The zero-order valence-corrected chi connectivity index (χ0v) is 15.8. The number of ether oxygens (including phenoxy) is 1. The number of aliphatic imine (C=N–C) groups is 1. The van der Waals surface area contributed by atoms with Crippen LogP contribution >= 0.6 is 27.5 Å². The molecular formula is C16H24BrClN4O. The van der Waals surface area contributed by atoms with Gasteiger partial charge >= 0.3 is 0 Å². The van der Waals surface area contributed by atoms with Crippen molar-refractivity contribution in [3.05, 3.63) is 33.3 Å². The number of benzene rings is 1. The van der Waals surface area contributed by atoms with Gasteiger partial charge in [0.15, 0.2) is 5.96 Å². The van der Waals surface area contributed by atoms with Crippen LogP contribution in [0.25, 0.3) is 0 Å². The summed E-state index contributed by atoms with van der Waals surface area (Å²) in [6.45, 7) is 8.97. The van der Waals surface area contributed by atoms with Crippen molar-refractivity contribution in [1.82, 2.24) is 15.5 Å². The summed E-state index contributed by atoms with van der Waals surface area (Å²) in [6, 6.07) is 5.87. The molecule has 1 saturated heterocycles. The fourth-order valence-electron chi connectivity index (χ4n) is 2.31. The molecule has 0 atom stereocenters. The molecule has 1 heterocycles. The second kappa shape index (κ2) is 10.1.